The monoisotopic (exact) mass is 389 g/mol. The summed E-state index contributed by atoms with van der Waals surface area (Å²) in [6, 6.07) is 11.2. The molecule has 122 valence electrons. The van der Waals surface area contributed by atoms with E-state index in [2.05, 4.69) is 21.2 Å². The van der Waals surface area contributed by atoms with Crippen molar-refractivity contribution in [3.63, 3.8) is 0 Å². The Bertz CT molecular complexity index is 996. The van der Waals surface area contributed by atoms with E-state index in [-0.39, 0.29) is 22.6 Å². The summed E-state index contributed by atoms with van der Waals surface area (Å²) < 4.78 is 10.8. The van der Waals surface area contributed by atoms with Crippen molar-refractivity contribution in [2.75, 3.05) is 12.4 Å². The van der Waals surface area contributed by atoms with Crippen LogP contribution >= 0.6 is 15.9 Å². The van der Waals surface area contributed by atoms with Gasteiger partial charge in [0.15, 0.2) is 11.4 Å². The lowest BCUT2D eigenvalue weighted by molar-refractivity contribution is 0.102. The largest absolute Gasteiger partial charge is 0.505 e. The maximum atomic E-state index is 12.3. The lowest BCUT2D eigenvalue weighted by Crippen LogP contribution is -2.18. The number of nitrogens with one attached hydrogen (secondary N) is 1. The molecule has 0 atom stereocenters. The average molecular weight is 390 g/mol. The van der Waals surface area contributed by atoms with Crippen LogP contribution in [0.3, 0.4) is 0 Å². The Morgan fingerprint density at radius 1 is 1.25 bits per heavy atom. The minimum atomic E-state index is -0.827. The zero-order valence-corrected chi connectivity index (χ0v) is 14.1. The SMILES string of the molecule is COc1ccc(C(=O)Nc2c(O)c3ccccc3oc2=O)cc1Br. The van der Waals surface area contributed by atoms with E-state index >= 15 is 0 Å². The number of fused-ring (bicyclic) bond motifs is 1. The third-order valence-corrected chi connectivity index (χ3v) is 4.06. The number of para-hydroxylation sites is 1. The molecule has 0 radical (unpaired) electrons. The molecule has 0 unspecified atom stereocenters. The highest BCUT2D eigenvalue weighted by molar-refractivity contribution is 9.10. The van der Waals surface area contributed by atoms with Crippen LogP contribution in [0.15, 0.2) is 56.1 Å². The van der Waals surface area contributed by atoms with E-state index in [1.54, 1.807) is 42.5 Å². The summed E-state index contributed by atoms with van der Waals surface area (Å²) in [6.45, 7) is 0. The molecule has 24 heavy (non-hydrogen) atoms. The number of benzene rings is 2. The molecule has 1 heterocycles. The summed E-state index contributed by atoms with van der Waals surface area (Å²) in [6.07, 6.45) is 0. The van der Waals surface area contributed by atoms with Gasteiger partial charge in [-0.2, -0.15) is 0 Å². The zero-order valence-electron chi connectivity index (χ0n) is 12.5. The van der Waals surface area contributed by atoms with Crippen LogP contribution in [0.25, 0.3) is 11.0 Å². The van der Waals surface area contributed by atoms with Gasteiger partial charge in [-0.05, 0) is 46.3 Å². The third-order valence-electron chi connectivity index (χ3n) is 3.44. The van der Waals surface area contributed by atoms with Gasteiger partial charge in [-0.3, -0.25) is 4.79 Å². The van der Waals surface area contributed by atoms with E-state index in [9.17, 15) is 14.7 Å². The van der Waals surface area contributed by atoms with Crippen LogP contribution in [0.5, 0.6) is 11.5 Å². The number of anilines is 1. The first-order chi connectivity index (χ1) is 11.5. The summed E-state index contributed by atoms with van der Waals surface area (Å²) in [4.78, 5) is 24.4. The fourth-order valence-corrected chi connectivity index (χ4v) is 2.78. The minimum absolute atomic E-state index is 0.241. The molecular formula is C17H12BrNO5. The lowest BCUT2D eigenvalue weighted by Gasteiger charge is -2.09. The van der Waals surface area contributed by atoms with Gasteiger partial charge in [-0.1, -0.05) is 12.1 Å². The molecule has 0 saturated carbocycles. The lowest BCUT2D eigenvalue weighted by atomic mass is 10.2. The second-order valence-electron chi connectivity index (χ2n) is 4.91. The summed E-state index contributed by atoms with van der Waals surface area (Å²) >= 11 is 3.29. The van der Waals surface area contributed by atoms with Gasteiger partial charge in [0.1, 0.15) is 11.3 Å². The van der Waals surface area contributed by atoms with E-state index < -0.39 is 11.5 Å². The highest BCUT2D eigenvalue weighted by atomic mass is 79.9. The molecule has 1 aromatic heterocycles. The van der Waals surface area contributed by atoms with Crippen LogP contribution in [0, 0.1) is 0 Å². The van der Waals surface area contributed by atoms with E-state index in [0.717, 1.165) is 0 Å². The first kappa shape index (κ1) is 16.1. The number of aromatic hydroxyl groups is 1. The van der Waals surface area contributed by atoms with Crippen molar-refractivity contribution in [2.45, 2.75) is 0 Å². The van der Waals surface area contributed by atoms with Gasteiger partial charge in [-0.25, -0.2) is 4.79 Å². The van der Waals surface area contributed by atoms with Crippen LogP contribution < -0.4 is 15.7 Å². The van der Waals surface area contributed by atoms with E-state index in [1.807, 2.05) is 0 Å². The molecule has 0 spiro atoms. The number of methoxy groups -OCH3 is 1. The number of hydrogen-bond acceptors (Lipinski definition) is 5. The zero-order chi connectivity index (χ0) is 17.3. The second-order valence-corrected chi connectivity index (χ2v) is 5.77. The van der Waals surface area contributed by atoms with Crippen LogP contribution in [0.1, 0.15) is 10.4 Å². The van der Waals surface area contributed by atoms with E-state index in [0.29, 0.717) is 15.6 Å². The van der Waals surface area contributed by atoms with E-state index in [4.69, 9.17) is 9.15 Å². The van der Waals surface area contributed by atoms with E-state index in [1.165, 1.54) is 7.11 Å². The number of hydrogen-bond donors (Lipinski definition) is 2. The molecule has 0 bridgehead atoms. The quantitative estimate of drug-likeness (QED) is 0.668. The molecule has 3 aromatic rings. The number of rotatable bonds is 3. The van der Waals surface area contributed by atoms with Crippen LogP contribution in [-0.4, -0.2) is 18.1 Å². The predicted molar refractivity (Wildman–Crippen MR) is 92.8 cm³/mol. The topological polar surface area (TPSA) is 88.8 Å². The average Bonchev–Trinajstić information content (AvgIpc) is 2.58. The molecule has 3 rings (SSSR count). The Balaban J connectivity index is 1.99. The molecule has 2 N–H and O–H groups in total. The van der Waals surface area contributed by atoms with Crippen LogP contribution in [0.4, 0.5) is 5.69 Å². The third kappa shape index (κ3) is 2.85. The molecule has 1 amide bonds. The Morgan fingerprint density at radius 2 is 2.00 bits per heavy atom. The maximum Gasteiger partial charge on any atom is 0.364 e. The fourth-order valence-electron chi connectivity index (χ4n) is 2.24. The molecule has 2 aromatic carbocycles. The highest BCUT2D eigenvalue weighted by Gasteiger charge is 2.17. The number of ether oxygens (including phenoxy) is 1. The van der Waals surface area contributed by atoms with Gasteiger partial charge in [0, 0.05) is 5.56 Å². The summed E-state index contributed by atoms with van der Waals surface area (Å²) in [7, 11) is 1.51. The Hall–Kier alpha value is -2.80. The maximum absolute atomic E-state index is 12.3. The van der Waals surface area contributed by atoms with Gasteiger partial charge < -0.3 is 19.6 Å². The van der Waals surface area contributed by atoms with Crippen LogP contribution in [0.2, 0.25) is 0 Å². The molecule has 7 heteroatoms. The molecule has 0 fully saturated rings. The number of carbonyl (C=O) groups is 1. The van der Waals surface area contributed by atoms with Crippen LogP contribution in [-0.2, 0) is 0 Å². The van der Waals surface area contributed by atoms with Crippen molar-refractivity contribution in [2.24, 2.45) is 0 Å². The molecule has 0 saturated heterocycles. The van der Waals surface area contributed by atoms with Crippen molar-refractivity contribution in [1.82, 2.24) is 0 Å². The summed E-state index contributed by atoms with van der Waals surface area (Å²) in [5.41, 5.74) is -0.599. The first-order valence-corrected chi connectivity index (χ1v) is 7.70. The summed E-state index contributed by atoms with van der Waals surface area (Å²) in [5, 5.41) is 13.0. The molecule has 0 aliphatic rings. The minimum Gasteiger partial charge on any atom is -0.505 e. The van der Waals surface area contributed by atoms with Gasteiger partial charge in [-0.15, -0.1) is 0 Å². The number of halogens is 1. The van der Waals surface area contributed by atoms with Gasteiger partial charge in [0.2, 0.25) is 0 Å². The molecule has 6 nitrogen and oxygen atoms in total. The van der Waals surface area contributed by atoms with Crippen molar-refractivity contribution in [1.29, 1.82) is 0 Å². The second kappa shape index (κ2) is 6.37. The Morgan fingerprint density at radius 3 is 2.71 bits per heavy atom. The van der Waals surface area contributed by atoms with Crippen molar-refractivity contribution >= 4 is 38.5 Å². The number of carbonyl (C=O) groups excluding carboxylic acids is 1. The Labute approximate surface area is 144 Å². The first-order valence-electron chi connectivity index (χ1n) is 6.91. The fraction of sp³-hybridized carbons (Fsp3) is 0.0588. The molecule has 0 aliphatic heterocycles. The standard InChI is InChI=1S/C17H12BrNO5/c1-23-13-7-6-9(8-11(13)18)16(21)19-14-15(20)10-4-2-3-5-12(10)24-17(14)22/h2-8,20H,1H3,(H,19,21). The predicted octanol–water partition coefficient (Wildman–Crippen LogP) is 3.52. The Kier molecular flexibility index (Phi) is 4.26. The summed E-state index contributed by atoms with van der Waals surface area (Å²) in [5.74, 6) is -0.321. The van der Waals surface area contributed by atoms with Gasteiger partial charge >= 0.3 is 5.63 Å². The highest BCUT2D eigenvalue weighted by Crippen LogP contribution is 2.30. The van der Waals surface area contributed by atoms with Crippen molar-refractivity contribution in [3.05, 3.63) is 62.9 Å². The molecule has 0 aliphatic carbocycles. The van der Waals surface area contributed by atoms with Gasteiger partial charge in [0.05, 0.1) is 17.0 Å². The van der Waals surface area contributed by atoms with Gasteiger partial charge in [0.25, 0.3) is 5.91 Å². The normalized spacial score (nSPS) is 10.6. The number of amides is 1. The smallest absolute Gasteiger partial charge is 0.364 e. The van der Waals surface area contributed by atoms with Crippen molar-refractivity contribution < 1.29 is 19.1 Å². The molecular weight excluding hydrogens is 378 g/mol. The van der Waals surface area contributed by atoms with Crippen molar-refractivity contribution in [3.8, 4) is 11.5 Å².